The Hall–Kier alpha value is -4.64. The summed E-state index contributed by atoms with van der Waals surface area (Å²) in [6.07, 6.45) is 11.8. The van der Waals surface area contributed by atoms with Crippen molar-refractivity contribution in [3.8, 4) is 0 Å². The first-order valence-electron chi connectivity index (χ1n) is 25.5. The smallest absolute Gasteiger partial charge is 0.407 e. The molecule has 3 amide bonds. The van der Waals surface area contributed by atoms with Crippen molar-refractivity contribution in [1.82, 2.24) is 20.9 Å². The number of benzene rings is 2. The van der Waals surface area contributed by atoms with Crippen molar-refractivity contribution in [2.24, 2.45) is 23.7 Å². The number of carbonyl (C=O) groups is 4. The molecular formula is C56H82N4O7. The normalized spacial score (nSPS) is 24.5. The number of amides is 3. The molecule has 6 aliphatic rings. The number of carboxylic acids is 1. The second kappa shape index (κ2) is 22.6. The summed E-state index contributed by atoms with van der Waals surface area (Å²) in [7, 11) is 0. The Balaban J connectivity index is 0.000000183. The van der Waals surface area contributed by atoms with Crippen molar-refractivity contribution in [3.05, 3.63) is 81.9 Å². The quantitative estimate of drug-likeness (QED) is 0.205. The van der Waals surface area contributed by atoms with Crippen LogP contribution in [0.2, 0.25) is 0 Å². The number of carbonyl (C=O) groups excluding carboxylic acids is 3. The van der Waals surface area contributed by atoms with Crippen molar-refractivity contribution < 1.29 is 33.8 Å². The van der Waals surface area contributed by atoms with Gasteiger partial charge in [-0.05, 0) is 194 Å². The summed E-state index contributed by atoms with van der Waals surface area (Å²) >= 11 is 0. The predicted octanol–water partition coefficient (Wildman–Crippen LogP) is 11.3. The molecule has 0 saturated heterocycles. The van der Waals surface area contributed by atoms with Crippen molar-refractivity contribution in [3.63, 3.8) is 0 Å². The SMILES string of the molecule is CC(C)(C)OC(=O)NC1CCC(C(=O)O)CC1.CC(C)CC1C2=C(CCN1C(=O)C1CCC(NC(=O)OC(C)(C)C)CC1)c1ccccc1C2.CC(C)CC1NCCC2=C1Cc1ccccc12. The maximum atomic E-state index is 13.7. The number of nitrogens with one attached hydrogen (secondary N) is 3. The monoisotopic (exact) mass is 923 g/mol. The topological polar surface area (TPSA) is 146 Å². The standard InChI is InChI=1S/C28H40N2O3.C16H21N.C12H21NO4/c1-18(2)16-25-24-17-20-8-6-7-9-22(20)23(24)14-15-30(25)26(31)19-10-12-21(13-11-19)29-27(32)33-28(3,4)5;1-11(2)9-16-15-10-12-5-3-4-6-13(12)14(15)7-8-17-16;1-12(2,3)17-11(16)13-9-6-4-8(5-7-9)10(14)15/h6-9,18-19,21,25H,10-17H2,1-5H3,(H,29,32);3-6,11,16-17H,7-10H2,1-2H3;8-9H,4-7H2,1-3H3,(H,13,16)(H,14,15). The largest absolute Gasteiger partial charge is 0.481 e. The van der Waals surface area contributed by atoms with E-state index in [1.54, 1.807) is 11.1 Å². The molecule has 2 fully saturated rings. The molecule has 0 aromatic heterocycles. The summed E-state index contributed by atoms with van der Waals surface area (Å²) in [5, 5.41) is 18.3. The van der Waals surface area contributed by atoms with Gasteiger partial charge in [0.15, 0.2) is 0 Å². The number of hydrogen-bond acceptors (Lipinski definition) is 7. The van der Waals surface area contributed by atoms with Crippen LogP contribution in [0.4, 0.5) is 9.59 Å². The lowest BCUT2D eigenvalue weighted by Gasteiger charge is -2.41. The van der Waals surface area contributed by atoms with Crippen molar-refractivity contribution >= 4 is 35.2 Å². The molecule has 0 radical (unpaired) electrons. The Morgan fingerprint density at radius 3 is 1.60 bits per heavy atom. The fraction of sp³-hybridized carbons (Fsp3) is 0.643. The van der Waals surface area contributed by atoms with Crippen LogP contribution in [0.15, 0.2) is 59.7 Å². The van der Waals surface area contributed by atoms with E-state index in [4.69, 9.17) is 14.6 Å². The maximum Gasteiger partial charge on any atom is 0.407 e. The van der Waals surface area contributed by atoms with E-state index in [1.165, 1.54) is 52.7 Å². The summed E-state index contributed by atoms with van der Waals surface area (Å²) in [6.45, 7) is 22.2. The van der Waals surface area contributed by atoms with Crippen LogP contribution in [0.25, 0.3) is 11.1 Å². The fourth-order valence-corrected chi connectivity index (χ4v) is 11.1. The molecule has 2 aromatic carbocycles. The minimum absolute atomic E-state index is 0.0421. The van der Waals surface area contributed by atoms with Crippen LogP contribution in [0.5, 0.6) is 0 Å². The van der Waals surface area contributed by atoms with Crippen LogP contribution < -0.4 is 16.0 Å². The van der Waals surface area contributed by atoms with Gasteiger partial charge in [-0.1, -0.05) is 76.2 Å². The van der Waals surface area contributed by atoms with Crippen LogP contribution in [0.1, 0.15) is 169 Å². The van der Waals surface area contributed by atoms with Gasteiger partial charge in [-0.2, -0.15) is 0 Å². The van der Waals surface area contributed by atoms with Crippen LogP contribution in [-0.4, -0.2) is 82.5 Å². The van der Waals surface area contributed by atoms with Gasteiger partial charge in [0.2, 0.25) is 5.91 Å². The second-order valence-electron chi connectivity index (χ2n) is 22.7. The average molecular weight is 923 g/mol. The molecule has 2 aromatic rings. The zero-order chi connectivity index (χ0) is 48.6. The first-order valence-corrected chi connectivity index (χ1v) is 25.5. The van der Waals surface area contributed by atoms with Gasteiger partial charge in [-0.3, -0.25) is 9.59 Å². The maximum absolute atomic E-state index is 13.7. The highest BCUT2D eigenvalue weighted by Crippen LogP contribution is 2.44. The number of fused-ring (bicyclic) bond motifs is 4. The lowest BCUT2D eigenvalue weighted by Crippen LogP contribution is -2.49. The highest BCUT2D eigenvalue weighted by Gasteiger charge is 2.40. The molecule has 2 aliphatic heterocycles. The van der Waals surface area contributed by atoms with E-state index in [0.29, 0.717) is 43.6 Å². The van der Waals surface area contributed by atoms with Crippen LogP contribution in [0, 0.1) is 23.7 Å². The minimum atomic E-state index is -0.735. The van der Waals surface area contributed by atoms with Crippen molar-refractivity contribution in [2.75, 3.05) is 13.1 Å². The van der Waals surface area contributed by atoms with E-state index in [2.05, 4.69) is 97.1 Å². The van der Waals surface area contributed by atoms with Crippen LogP contribution in [0.3, 0.4) is 0 Å². The van der Waals surface area contributed by atoms with Gasteiger partial charge in [0.05, 0.1) is 12.0 Å². The van der Waals surface area contributed by atoms with E-state index in [1.807, 2.05) is 41.5 Å². The third-order valence-corrected chi connectivity index (χ3v) is 14.1. The van der Waals surface area contributed by atoms with Crippen molar-refractivity contribution in [1.29, 1.82) is 0 Å². The molecule has 2 unspecified atom stereocenters. The summed E-state index contributed by atoms with van der Waals surface area (Å²) in [6, 6.07) is 18.7. The third-order valence-electron chi connectivity index (χ3n) is 14.1. The fourth-order valence-electron chi connectivity index (χ4n) is 11.1. The van der Waals surface area contributed by atoms with Gasteiger partial charge >= 0.3 is 18.2 Å². The number of carboxylic acid groups (broad SMARTS) is 1. The molecule has 11 nitrogen and oxygen atoms in total. The molecule has 368 valence electrons. The van der Waals surface area contributed by atoms with Crippen LogP contribution >= 0.6 is 0 Å². The molecule has 2 atom stereocenters. The Kier molecular flexibility index (Phi) is 17.5. The molecule has 8 rings (SSSR count). The lowest BCUT2D eigenvalue weighted by atomic mass is 9.82. The number of alkyl carbamates (subject to hydrolysis) is 2. The van der Waals surface area contributed by atoms with Crippen LogP contribution in [-0.2, 0) is 31.9 Å². The van der Waals surface area contributed by atoms with E-state index < -0.39 is 23.3 Å². The molecule has 4 aliphatic carbocycles. The lowest BCUT2D eigenvalue weighted by molar-refractivity contribution is -0.143. The van der Waals surface area contributed by atoms with E-state index in [9.17, 15) is 19.2 Å². The zero-order valence-electron chi connectivity index (χ0n) is 42.4. The molecule has 0 spiro atoms. The Bertz CT molecular complexity index is 2110. The summed E-state index contributed by atoms with van der Waals surface area (Å²) in [4.78, 5) is 50.3. The number of nitrogens with zero attached hydrogens (tertiary/aromatic N) is 1. The third kappa shape index (κ3) is 14.4. The van der Waals surface area contributed by atoms with Gasteiger partial charge < -0.3 is 35.4 Å². The Morgan fingerprint density at radius 1 is 0.657 bits per heavy atom. The first kappa shape index (κ1) is 51.7. The Labute approximate surface area is 401 Å². The van der Waals surface area contributed by atoms with Gasteiger partial charge in [-0.15, -0.1) is 0 Å². The van der Waals surface area contributed by atoms with E-state index in [0.717, 1.165) is 64.0 Å². The molecule has 2 saturated carbocycles. The summed E-state index contributed by atoms with van der Waals surface area (Å²) in [5.74, 6) is 0.686. The van der Waals surface area contributed by atoms with Gasteiger partial charge in [-0.25, -0.2) is 9.59 Å². The number of ether oxygens (including phenoxy) is 2. The number of hydrogen-bond donors (Lipinski definition) is 4. The second-order valence-corrected chi connectivity index (χ2v) is 22.7. The van der Waals surface area contributed by atoms with Crippen molar-refractivity contribution in [2.45, 2.75) is 194 Å². The molecule has 0 bridgehead atoms. The molecular weight excluding hydrogens is 841 g/mol. The van der Waals surface area contributed by atoms with Gasteiger partial charge in [0.25, 0.3) is 0 Å². The molecule has 67 heavy (non-hydrogen) atoms. The molecule has 11 heteroatoms. The highest BCUT2D eigenvalue weighted by molar-refractivity contribution is 5.84. The predicted molar refractivity (Wildman–Crippen MR) is 267 cm³/mol. The van der Waals surface area contributed by atoms with Gasteiger partial charge in [0.1, 0.15) is 11.2 Å². The first-order chi connectivity index (χ1) is 31.7. The highest BCUT2D eigenvalue weighted by atomic mass is 16.6. The molecule has 4 N–H and O–H groups in total. The summed E-state index contributed by atoms with van der Waals surface area (Å²) < 4.78 is 10.5. The van der Waals surface area contributed by atoms with E-state index in [-0.39, 0.29) is 36.1 Å². The van der Waals surface area contributed by atoms with Gasteiger partial charge in [0, 0.05) is 30.6 Å². The number of aliphatic carboxylic acids is 1. The molecule has 2 heterocycles. The van der Waals surface area contributed by atoms with E-state index >= 15 is 0 Å². The number of rotatable bonds is 8. The average Bonchev–Trinajstić information content (AvgIpc) is 3.83. The zero-order valence-corrected chi connectivity index (χ0v) is 42.4. The minimum Gasteiger partial charge on any atom is -0.481 e. The Morgan fingerprint density at radius 2 is 1.12 bits per heavy atom. The summed E-state index contributed by atoms with van der Waals surface area (Å²) in [5.41, 5.74) is 11.2.